The smallest absolute Gasteiger partial charge is 0.305 e. The first kappa shape index (κ1) is 29.9. The van der Waals surface area contributed by atoms with Gasteiger partial charge in [0, 0.05) is 25.0 Å². The molecular formula is C32H40N2O5S. The Balaban J connectivity index is 1.27. The maximum Gasteiger partial charge on any atom is 0.305 e. The van der Waals surface area contributed by atoms with E-state index in [0.29, 0.717) is 18.8 Å². The summed E-state index contributed by atoms with van der Waals surface area (Å²) in [5.41, 5.74) is 5.30. The number of β-amino-alcohol motifs (C(OH)–C–C–N with tert-alkyl or cyclic N) is 1. The van der Waals surface area contributed by atoms with Crippen molar-refractivity contribution >= 4 is 16.0 Å². The molecule has 8 heteroatoms. The quantitative estimate of drug-likeness (QED) is 0.268. The lowest BCUT2D eigenvalue weighted by Crippen LogP contribution is -2.47. The zero-order chi connectivity index (χ0) is 28.8. The predicted octanol–water partition coefficient (Wildman–Crippen LogP) is 4.27. The molecule has 0 saturated carbocycles. The van der Waals surface area contributed by atoms with Crippen molar-refractivity contribution in [2.24, 2.45) is 5.92 Å². The summed E-state index contributed by atoms with van der Waals surface area (Å²) in [6.45, 7) is 4.46. The minimum Gasteiger partial charge on any atom is -0.469 e. The molecule has 0 aromatic heterocycles. The summed E-state index contributed by atoms with van der Waals surface area (Å²) in [7, 11) is -2.44. The molecule has 7 nitrogen and oxygen atoms in total. The average molecular weight is 565 g/mol. The van der Waals surface area contributed by atoms with E-state index in [1.165, 1.54) is 18.2 Å². The standard InChI is InChI=1S/C32H40N2O5S/c1-32(2,20-24-17-26-7-4-5-8-27(26)18-24)33-21-29(35)22-34-40(37,38)30-10-6-9-28(19-30)25-14-11-23(12-15-25)13-16-31(36)39-3/h4-12,14-15,19,24,29,33-35H,13,16-18,20-22H2,1-3H3/t29-/m1/s1. The number of carbonyl (C=O) groups excluding carboxylic acids is 1. The fourth-order valence-electron chi connectivity index (χ4n) is 5.40. The number of esters is 1. The zero-order valence-electron chi connectivity index (χ0n) is 23.5. The molecule has 0 saturated heterocycles. The molecular weight excluding hydrogens is 524 g/mol. The van der Waals surface area contributed by atoms with Crippen LogP contribution in [0.5, 0.6) is 0 Å². The van der Waals surface area contributed by atoms with E-state index in [1.54, 1.807) is 18.2 Å². The van der Waals surface area contributed by atoms with Gasteiger partial charge in [0.15, 0.2) is 0 Å². The fourth-order valence-corrected chi connectivity index (χ4v) is 6.52. The SMILES string of the molecule is COC(=O)CCc1ccc(-c2cccc(S(=O)(=O)NC[C@H](O)CNC(C)(C)CC3Cc4ccccc4C3)c2)cc1. The number of hydrogen-bond donors (Lipinski definition) is 3. The van der Waals surface area contributed by atoms with Gasteiger partial charge in [-0.2, -0.15) is 0 Å². The molecule has 0 spiro atoms. The summed E-state index contributed by atoms with van der Waals surface area (Å²) in [4.78, 5) is 11.5. The Bertz CT molecular complexity index is 1380. The fraction of sp³-hybridized carbons (Fsp3) is 0.406. The lowest BCUT2D eigenvalue weighted by molar-refractivity contribution is -0.140. The molecule has 0 bridgehead atoms. The highest BCUT2D eigenvalue weighted by molar-refractivity contribution is 7.89. The molecule has 0 amide bonds. The van der Waals surface area contributed by atoms with E-state index in [4.69, 9.17) is 0 Å². The average Bonchev–Trinajstić information content (AvgIpc) is 3.35. The van der Waals surface area contributed by atoms with Crippen molar-refractivity contribution in [3.05, 3.63) is 89.5 Å². The molecule has 0 radical (unpaired) electrons. The van der Waals surface area contributed by atoms with Crippen LogP contribution in [0.15, 0.2) is 77.7 Å². The van der Waals surface area contributed by atoms with Gasteiger partial charge in [0.1, 0.15) is 0 Å². The summed E-state index contributed by atoms with van der Waals surface area (Å²) in [5, 5.41) is 14.0. The third-order valence-electron chi connectivity index (χ3n) is 7.54. The Morgan fingerprint density at radius 3 is 2.30 bits per heavy atom. The van der Waals surface area contributed by atoms with Crippen molar-refractivity contribution in [2.75, 3.05) is 20.2 Å². The third-order valence-corrected chi connectivity index (χ3v) is 8.96. The number of aliphatic hydroxyl groups excluding tert-OH is 1. The largest absolute Gasteiger partial charge is 0.469 e. The number of aliphatic hydroxyl groups is 1. The van der Waals surface area contributed by atoms with Gasteiger partial charge < -0.3 is 15.2 Å². The van der Waals surface area contributed by atoms with Crippen LogP contribution in [-0.4, -0.2) is 51.3 Å². The second-order valence-corrected chi connectivity index (χ2v) is 13.1. The van der Waals surface area contributed by atoms with Crippen LogP contribution in [0.2, 0.25) is 0 Å². The number of carbonyl (C=O) groups is 1. The van der Waals surface area contributed by atoms with E-state index < -0.39 is 16.1 Å². The van der Waals surface area contributed by atoms with Crippen LogP contribution in [0.4, 0.5) is 0 Å². The summed E-state index contributed by atoms with van der Waals surface area (Å²) < 4.78 is 33.3. The van der Waals surface area contributed by atoms with Gasteiger partial charge in [-0.25, -0.2) is 13.1 Å². The topological polar surface area (TPSA) is 105 Å². The highest BCUT2D eigenvalue weighted by Crippen LogP contribution is 2.32. The minimum absolute atomic E-state index is 0.0839. The van der Waals surface area contributed by atoms with E-state index in [1.807, 2.05) is 30.3 Å². The van der Waals surface area contributed by atoms with Crippen LogP contribution in [0.1, 0.15) is 43.4 Å². The van der Waals surface area contributed by atoms with Gasteiger partial charge in [0.25, 0.3) is 0 Å². The van der Waals surface area contributed by atoms with Gasteiger partial charge in [0.2, 0.25) is 10.0 Å². The van der Waals surface area contributed by atoms with Crippen LogP contribution in [0.3, 0.4) is 0 Å². The van der Waals surface area contributed by atoms with E-state index in [-0.39, 0.29) is 29.5 Å². The lowest BCUT2D eigenvalue weighted by atomic mass is 9.88. The maximum atomic E-state index is 13.0. The highest BCUT2D eigenvalue weighted by atomic mass is 32.2. The zero-order valence-corrected chi connectivity index (χ0v) is 24.3. The highest BCUT2D eigenvalue weighted by Gasteiger charge is 2.28. The predicted molar refractivity (Wildman–Crippen MR) is 157 cm³/mol. The molecule has 214 valence electrons. The first-order valence-corrected chi connectivity index (χ1v) is 15.3. The van der Waals surface area contributed by atoms with Gasteiger partial charge in [-0.1, -0.05) is 60.7 Å². The van der Waals surface area contributed by atoms with Gasteiger partial charge in [-0.3, -0.25) is 4.79 Å². The van der Waals surface area contributed by atoms with Gasteiger partial charge >= 0.3 is 5.97 Å². The molecule has 1 aliphatic rings. The monoisotopic (exact) mass is 564 g/mol. The Morgan fingerprint density at radius 1 is 0.975 bits per heavy atom. The number of fused-ring (bicyclic) bond motifs is 1. The normalized spacial score (nSPS) is 14.6. The molecule has 3 N–H and O–H groups in total. The molecule has 1 aliphatic carbocycles. The van der Waals surface area contributed by atoms with Gasteiger partial charge in [-0.15, -0.1) is 0 Å². The first-order valence-electron chi connectivity index (χ1n) is 13.8. The van der Waals surface area contributed by atoms with E-state index in [9.17, 15) is 18.3 Å². The molecule has 4 rings (SSSR count). The van der Waals surface area contributed by atoms with Crippen LogP contribution in [0.25, 0.3) is 11.1 Å². The van der Waals surface area contributed by atoms with Crippen molar-refractivity contribution in [3.63, 3.8) is 0 Å². The number of methoxy groups -OCH3 is 1. The molecule has 0 aliphatic heterocycles. The first-order chi connectivity index (χ1) is 19.0. The van der Waals surface area contributed by atoms with Crippen molar-refractivity contribution in [1.82, 2.24) is 10.0 Å². The number of ether oxygens (including phenoxy) is 1. The number of aryl methyl sites for hydroxylation is 1. The maximum absolute atomic E-state index is 13.0. The van der Waals surface area contributed by atoms with Crippen LogP contribution in [0, 0.1) is 5.92 Å². The van der Waals surface area contributed by atoms with E-state index >= 15 is 0 Å². The molecule has 0 unspecified atom stereocenters. The molecule has 40 heavy (non-hydrogen) atoms. The molecule has 0 heterocycles. The van der Waals surface area contributed by atoms with Crippen molar-refractivity contribution in [2.45, 2.75) is 62.5 Å². The summed E-state index contributed by atoms with van der Waals surface area (Å²) >= 11 is 0. The number of hydrogen-bond acceptors (Lipinski definition) is 6. The second kappa shape index (κ2) is 13.1. The second-order valence-electron chi connectivity index (χ2n) is 11.3. The van der Waals surface area contributed by atoms with E-state index in [0.717, 1.165) is 36.0 Å². The van der Waals surface area contributed by atoms with Crippen LogP contribution in [-0.2, 0) is 38.8 Å². The van der Waals surface area contributed by atoms with Crippen molar-refractivity contribution in [3.8, 4) is 11.1 Å². The number of benzene rings is 3. The van der Waals surface area contributed by atoms with Gasteiger partial charge in [-0.05, 0) is 85.4 Å². The van der Waals surface area contributed by atoms with Crippen molar-refractivity contribution in [1.29, 1.82) is 0 Å². The molecule has 1 atom stereocenters. The number of rotatable bonds is 13. The summed E-state index contributed by atoms with van der Waals surface area (Å²) in [5.74, 6) is 0.299. The Morgan fingerprint density at radius 2 is 1.65 bits per heavy atom. The Kier molecular flexibility index (Phi) is 9.79. The minimum atomic E-state index is -3.81. The van der Waals surface area contributed by atoms with Crippen molar-refractivity contribution < 1.29 is 23.1 Å². The summed E-state index contributed by atoms with van der Waals surface area (Å²) in [6, 6.07) is 23.0. The summed E-state index contributed by atoms with van der Waals surface area (Å²) in [6.07, 6.45) is 3.14. The Hall–Kier alpha value is -3.04. The number of sulfonamides is 1. The van der Waals surface area contributed by atoms with E-state index in [2.05, 4.69) is 52.9 Å². The lowest BCUT2D eigenvalue weighted by Gasteiger charge is -2.30. The molecule has 0 fully saturated rings. The molecule has 3 aromatic carbocycles. The molecule has 3 aromatic rings. The van der Waals surface area contributed by atoms with Gasteiger partial charge in [0.05, 0.1) is 18.1 Å². The van der Waals surface area contributed by atoms with Crippen LogP contribution >= 0.6 is 0 Å². The Labute approximate surface area is 238 Å². The third kappa shape index (κ3) is 8.24. The number of nitrogens with one attached hydrogen (secondary N) is 2. The van der Waals surface area contributed by atoms with Crippen LogP contribution < -0.4 is 10.0 Å².